The van der Waals surface area contributed by atoms with E-state index in [1.165, 1.54) is 17.7 Å². The number of thioether (sulfide) groups is 1. The fourth-order valence-electron chi connectivity index (χ4n) is 1.57. The molecule has 0 spiro atoms. The van der Waals surface area contributed by atoms with Crippen LogP contribution in [0.2, 0.25) is 0 Å². The van der Waals surface area contributed by atoms with Gasteiger partial charge in [0.2, 0.25) is 0 Å². The Labute approximate surface area is 97.7 Å². The first-order chi connectivity index (χ1) is 7.36. The first-order valence-electron chi connectivity index (χ1n) is 5.60. The Hall–Kier alpha value is -0.470. The SMILES string of the molecule is CC[C@H](CNCc1ccccc1)CSC. The van der Waals surface area contributed by atoms with Crippen LogP contribution in [0.4, 0.5) is 0 Å². The molecule has 0 aromatic heterocycles. The molecule has 1 aromatic rings. The topological polar surface area (TPSA) is 12.0 Å². The lowest BCUT2D eigenvalue weighted by Gasteiger charge is -2.14. The molecule has 1 atom stereocenters. The molecule has 0 saturated carbocycles. The molecule has 0 aliphatic carbocycles. The van der Waals surface area contributed by atoms with Crippen LogP contribution in [0.15, 0.2) is 30.3 Å². The summed E-state index contributed by atoms with van der Waals surface area (Å²) in [5, 5.41) is 3.52. The molecule has 0 amide bonds. The molecule has 84 valence electrons. The maximum absolute atomic E-state index is 3.52. The van der Waals surface area contributed by atoms with Gasteiger partial charge in [0.25, 0.3) is 0 Å². The van der Waals surface area contributed by atoms with Crippen molar-refractivity contribution in [3.8, 4) is 0 Å². The van der Waals surface area contributed by atoms with Crippen LogP contribution in [0, 0.1) is 5.92 Å². The Morgan fingerprint density at radius 3 is 2.60 bits per heavy atom. The summed E-state index contributed by atoms with van der Waals surface area (Å²) in [6.07, 6.45) is 3.45. The van der Waals surface area contributed by atoms with E-state index < -0.39 is 0 Å². The normalized spacial score (nSPS) is 12.7. The minimum absolute atomic E-state index is 0.809. The molecular formula is C13H21NS. The number of hydrogen-bond acceptors (Lipinski definition) is 2. The highest BCUT2D eigenvalue weighted by molar-refractivity contribution is 7.98. The van der Waals surface area contributed by atoms with Gasteiger partial charge in [-0.05, 0) is 30.0 Å². The van der Waals surface area contributed by atoms with E-state index in [1.807, 2.05) is 11.8 Å². The molecular weight excluding hydrogens is 202 g/mol. The second kappa shape index (κ2) is 7.77. The van der Waals surface area contributed by atoms with Crippen molar-refractivity contribution < 1.29 is 0 Å². The highest BCUT2D eigenvalue weighted by Crippen LogP contribution is 2.08. The zero-order chi connectivity index (χ0) is 10.9. The Morgan fingerprint density at radius 2 is 2.00 bits per heavy atom. The van der Waals surface area contributed by atoms with E-state index in [0.717, 1.165) is 19.0 Å². The molecule has 1 aromatic carbocycles. The molecule has 0 heterocycles. The minimum Gasteiger partial charge on any atom is -0.312 e. The van der Waals surface area contributed by atoms with Crippen LogP contribution < -0.4 is 5.32 Å². The maximum Gasteiger partial charge on any atom is 0.0205 e. The van der Waals surface area contributed by atoms with Crippen LogP contribution in [-0.4, -0.2) is 18.6 Å². The molecule has 2 heteroatoms. The van der Waals surface area contributed by atoms with Crippen molar-refractivity contribution in [2.75, 3.05) is 18.6 Å². The van der Waals surface area contributed by atoms with Crippen molar-refractivity contribution in [3.63, 3.8) is 0 Å². The first kappa shape index (κ1) is 12.6. The highest BCUT2D eigenvalue weighted by Gasteiger charge is 2.04. The standard InChI is InChI=1S/C13H21NS/c1-3-12(11-15-2)9-14-10-13-7-5-4-6-8-13/h4-8,12,14H,3,9-11H2,1-2H3/t12-/m1/s1. The van der Waals surface area contributed by atoms with Gasteiger partial charge in [-0.1, -0.05) is 43.7 Å². The second-order valence-corrected chi connectivity index (χ2v) is 4.76. The van der Waals surface area contributed by atoms with E-state index in [2.05, 4.69) is 48.8 Å². The highest BCUT2D eigenvalue weighted by atomic mass is 32.2. The van der Waals surface area contributed by atoms with Crippen molar-refractivity contribution in [1.29, 1.82) is 0 Å². The van der Waals surface area contributed by atoms with Gasteiger partial charge < -0.3 is 5.32 Å². The second-order valence-electron chi connectivity index (χ2n) is 3.85. The number of nitrogens with one attached hydrogen (secondary N) is 1. The smallest absolute Gasteiger partial charge is 0.0205 e. The maximum atomic E-state index is 3.52. The Balaban J connectivity index is 2.20. The molecule has 1 N–H and O–H groups in total. The average molecular weight is 223 g/mol. The van der Waals surface area contributed by atoms with Gasteiger partial charge in [0.1, 0.15) is 0 Å². The first-order valence-corrected chi connectivity index (χ1v) is 6.99. The monoisotopic (exact) mass is 223 g/mol. The average Bonchev–Trinajstić information content (AvgIpc) is 2.29. The predicted molar refractivity (Wildman–Crippen MR) is 70.3 cm³/mol. The molecule has 15 heavy (non-hydrogen) atoms. The van der Waals surface area contributed by atoms with Gasteiger partial charge in [0, 0.05) is 6.54 Å². The summed E-state index contributed by atoms with van der Waals surface area (Å²) >= 11 is 1.94. The molecule has 0 unspecified atom stereocenters. The van der Waals surface area contributed by atoms with Crippen LogP contribution in [0.1, 0.15) is 18.9 Å². The number of hydrogen-bond donors (Lipinski definition) is 1. The summed E-state index contributed by atoms with van der Waals surface area (Å²) in [5.41, 5.74) is 1.37. The van der Waals surface area contributed by atoms with Crippen LogP contribution >= 0.6 is 11.8 Å². The van der Waals surface area contributed by atoms with Crippen molar-refractivity contribution in [3.05, 3.63) is 35.9 Å². The summed E-state index contributed by atoms with van der Waals surface area (Å²) in [6, 6.07) is 10.6. The zero-order valence-corrected chi connectivity index (χ0v) is 10.5. The number of benzene rings is 1. The summed E-state index contributed by atoms with van der Waals surface area (Å²) < 4.78 is 0. The fourth-order valence-corrected chi connectivity index (χ4v) is 2.40. The van der Waals surface area contributed by atoms with Crippen molar-refractivity contribution in [1.82, 2.24) is 5.32 Å². The molecule has 0 radical (unpaired) electrons. The van der Waals surface area contributed by atoms with Gasteiger partial charge >= 0.3 is 0 Å². The van der Waals surface area contributed by atoms with E-state index >= 15 is 0 Å². The quantitative estimate of drug-likeness (QED) is 0.762. The van der Waals surface area contributed by atoms with Crippen molar-refractivity contribution in [2.24, 2.45) is 5.92 Å². The molecule has 1 nitrogen and oxygen atoms in total. The van der Waals surface area contributed by atoms with Gasteiger partial charge in [-0.15, -0.1) is 0 Å². The Morgan fingerprint density at radius 1 is 1.27 bits per heavy atom. The molecule has 0 aliphatic heterocycles. The lowest BCUT2D eigenvalue weighted by atomic mass is 10.1. The van der Waals surface area contributed by atoms with Gasteiger partial charge in [0.05, 0.1) is 0 Å². The van der Waals surface area contributed by atoms with E-state index in [0.29, 0.717) is 0 Å². The van der Waals surface area contributed by atoms with Crippen LogP contribution in [0.3, 0.4) is 0 Å². The molecule has 0 bridgehead atoms. The fraction of sp³-hybridized carbons (Fsp3) is 0.538. The Bertz CT molecular complexity index is 248. The summed E-state index contributed by atoms with van der Waals surface area (Å²) in [7, 11) is 0. The third-order valence-corrected chi connectivity index (χ3v) is 3.39. The summed E-state index contributed by atoms with van der Waals surface area (Å²) in [6.45, 7) is 4.39. The van der Waals surface area contributed by atoms with E-state index in [4.69, 9.17) is 0 Å². The summed E-state index contributed by atoms with van der Waals surface area (Å²) in [5.74, 6) is 2.07. The lowest BCUT2D eigenvalue weighted by Crippen LogP contribution is -2.23. The van der Waals surface area contributed by atoms with Gasteiger partial charge in [-0.3, -0.25) is 0 Å². The molecule has 0 fully saturated rings. The van der Waals surface area contributed by atoms with Crippen molar-refractivity contribution >= 4 is 11.8 Å². The summed E-state index contributed by atoms with van der Waals surface area (Å²) in [4.78, 5) is 0. The number of rotatable bonds is 7. The van der Waals surface area contributed by atoms with E-state index in [-0.39, 0.29) is 0 Å². The lowest BCUT2D eigenvalue weighted by molar-refractivity contribution is 0.507. The largest absolute Gasteiger partial charge is 0.312 e. The van der Waals surface area contributed by atoms with E-state index in [1.54, 1.807) is 0 Å². The van der Waals surface area contributed by atoms with Gasteiger partial charge in [-0.2, -0.15) is 11.8 Å². The van der Waals surface area contributed by atoms with Crippen LogP contribution in [0.5, 0.6) is 0 Å². The third-order valence-electron chi connectivity index (χ3n) is 2.58. The zero-order valence-electron chi connectivity index (χ0n) is 9.70. The predicted octanol–water partition coefficient (Wildman–Crippen LogP) is 3.17. The minimum atomic E-state index is 0.809. The third kappa shape index (κ3) is 5.24. The molecule has 0 saturated heterocycles. The Kier molecular flexibility index (Phi) is 6.53. The molecule has 1 rings (SSSR count). The van der Waals surface area contributed by atoms with Crippen molar-refractivity contribution in [2.45, 2.75) is 19.9 Å². The molecule has 0 aliphatic rings. The van der Waals surface area contributed by atoms with Crippen LogP contribution in [0.25, 0.3) is 0 Å². The van der Waals surface area contributed by atoms with Gasteiger partial charge in [0.15, 0.2) is 0 Å². The van der Waals surface area contributed by atoms with Gasteiger partial charge in [-0.25, -0.2) is 0 Å². The van der Waals surface area contributed by atoms with Crippen LogP contribution in [-0.2, 0) is 6.54 Å². The van der Waals surface area contributed by atoms with E-state index in [9.17, 15) is 0 Å².